The van der Waals surface area contributed by atoms with Crippen LogP contribution in [0.25, 0.3) is 17.0 Å². The van der Waals surface area contributed by atoms with Gasteiger partial charge in [0, 0.05) is 35.0 Å². The zero-order valence-electron chi connectivity index (χ0n) is 30.6. The Hall–Kier alpha value is -3.04. The average Bonchev–Trinajstić information content (AvgIpc) is 3.74. The van der Waals surface area contributed by atoms with E-state index in [0.717, 1.165) is 49.1 Å². The zero-order chi connectivity index (χ0) is 34.9. The van der Waals surface area contributed by atoms with Gasteiger partial charge in [-0.2, -0.15) is 5.10 Å². The molecule has 1 unspecified atom stereocenters. The number of imidazole rings is 1. The van der Waals surface area contributed by atoms with Crippen molar-refractivity contribution in [1.82, 2.24) is 24.1 Å². The summed E-state index contributed by atoms with van der Waals surface area (Å²) in [5.74, 6) is 0.890. The van der Waals surface area contributed by atoms with Crippen LogP contribution in [-0.2, 0) is 9.53 Å². The lowest BCUT2D eigenvalue weighted by Crippen LogP contribution is -2.70. The first-order valence-electron chi connectivity index (χ1n) is 18.7. The largest absolute Gasteiger partial charge is 0.481 e. The number of hydrogen-bond donors (Lipinski definition) is 2. The molecular weight excluding hydrogens is 614 g/mol. The number of carboxylic acid groups (broad SMARTS) is 1. The monoisotopic (exact) mass is 669 g/mol. The van der Waals surface area contributed by atoms with Crippen molar-refractivity contribution >= 4 is 11.6 Å². The SMILES string of the molecule is CC(C)[C@@H](C)[C@@]1(C)CC[C@]2(C)[C@H]3CC[C@H]4[C@@]5(C)CO[C@@H](C)[C@@]4(CC(n4ncnc4-c4ccn6ccnc6c4)[C@@H]5O)C3=CC[C@@]2(C)[C@@H]1C(=O)O. The number of carbonyl (C=O) groups is 1. The average molecular weight is 670 g/mol. The van der Waals surface area contributed by atoms with E-state index in [-0.39, 0.29) is 45.6 Å². The van der Waals surface area contributed by atoms with Crippen molar-refractivity contribution in [3.63, 3.8) is 0 Å². The topological polar surface area (TPSA) is 115 Å². The summed E-state index contributed by atoms with van der Waals surface area (Å²) in [6.45, 7) is 18.8. The smallest absolute Gasteiger partial charge is 0.307 e. The number of hydrogen-bond acceptors (Lipinski definition) is 6. The Morgan fingerprint density at radius 2 is 1.84 bits per heavy atom. The summed E-state index contributed by atoms with van der Waals surface area (Å²) < 4.78 is 10.7. The van der Waals surface area contributed by atoms with Crippen molar-refractivity contribution in [1.29, 1.82) is 0 Å². The molecule has 1 aliphatic heterocycles. The molecule has 8 rings (SSSR count). The predicted octanol–water partition coefficient (Wildman–Crippen LogP) is 7.47. The molecular formula is C40H55N5O4. The molecule has 9 nitrogen and oxygen atoms in total. The van der Waals surface area contributed by atoms with Crippen LogP contribution in [0.15, 0.2) is 48.7 Å². The molecule has 0 amide bonds. The zero-order valence-corrected chi connectivity index (χ0v) is 30.6. The van der Waals surface area contributed by atoms with E-state index in [4.69, 9.17) is 14.8 Å². The lowest BCUT2D eigenvalue weighted by atomic mass is 9.33. The van der Waals surface area contributed by atoms with Crippen molar-refractivity contribution in [2.45, 2.75) is 112 Å². The Bertz CT molecular complexity index is 1830. The minimum Gasteiger partial charge on any atom is -0.481 e. The molecule has 9 heteroatoms. The van der Waals surface area contributed by atoms with Gasteiger partial charge in [-0.05, 0) is 97.5 Å². The fraction of sp³-hybridized carbons (Fsp3) is 0.700. The highest BCUT2D eigenvalue weighted by Crippen LogP contribution is 2.76. The van der Waals surface area contributed by atoms with Crippen LogP contribution in [0.2, 0.25) is 0 Å². The standard InChI is InChI=1S/C40H55N5O4/c1-23(2)24(3)36(5)14-15-38(7)27-9-10-30-37(6)21-49-25(4)40(30,28(27)11-13-39(38,8)32(36)35(47)48)20-29(33(37)46)45-34(42-22-43-45)26-12-17-44-18-16-41-31(44)19-26/h11-12,16-19,22-25,27,29-30,32-33,46H,9-10,13-15,20-21H2,1-8H3,(H,47,48)/t24-,25+,27+,29?,30+,32-,33+,36-,37-,38-,39+,40+/m1/s1. The van der Waals surface area contributed by atoms with Crippen LogP contribution < -0.4 is 0 Å². The molecule has 3 aromatic heterocycles. The van der Waals surface area contributed by atoms with Gasteiger partial charge in [0.1, 0.15) is 12.0 Å². The van der Waals surface area contributed by atoms with Gasteiger partial charge in [0.05, 0.1) is 30.8 Å². The van der Waals surface area contributed by atoms with Gasteiger partial charge in [-0.25, -0.2) is 14.6 Å². The number of fused-ring (bicyclic) bond motifs is 4. The minimum atomic E-state index is -0.667. The molecule has 4 aliphatic carbocycles. The van der Waals surface area contributed by atoms with E-state index in [9.17, 15) is 15.0 Å². The van der Waals surface area contributed by atoms with Gasteiger partial charge >= 0.3 is 5.97 Å². The lowest BCUT2D eigenvalue weighted by Gasteiger charge is -2.72. The molecule has 4 fully saturated rings. The number of nitrogens with zero attached hydrogens (tertiary/aromatic N) is 5. The first-order valence-corrected chi connectivity index (χ1v) is 18.7. The number of aliphatic carboxylic acids is 1. The van der Waals surface area contributed by atoms with Crippen LogP contribution in [0.5, 0.6) is 0 Å². The van der Waals surface area contributed by atoms with E-state index in [1.165, 1.54) is 5.57 Å². The predicted molar refractivity (Wildman–Crippen MR) is 187 cm³/mol. The molecule has 0 aromatic carbocycles. The quantitative estimate of drug-likeness (QED) is 0.271. The van der Waals surface area contributed by atoms with Crippen molar-refractivity contribution in [2.75, 3.05) is 6.61 Å². The highest BCUT2D eigenvalue weighted by Gasteiger charge is 2.73. The normalized spacial score (nSPS) is 43.8. The Balaban J connectivity index is 1.25. The van der Waals surface area contributed by atoms with E-state index in [1.54, 1.807) is 12.5 Å². The summed E-state index contributed by atoms with van der Waals surface area (Å²) in [6.07, 6.45) is 14.5. The van der Waals surface area contributed by atoms with Crippen molar-refractivity contribution in [3.8, 4) is 11.4 Å². The van der Waals surface area contributed by atoms with Gasteiger partial charge in [-0.1, -0.05) is 60.1 Å². The number of aliphatic hydroxyl groups is 1. The van der Waals surface area contributed by atoms with Gasteiger partial charge in [0.2, 0.25) is 0 Å². The molecule has 3 saturated carbocycles. The van der Waals surface area contributed by atoms with Crippen LogP contribution in [0.4, 0.5) is 0 Å². The number of aliphatic hydroxyl groups excluding tert-OH is 1. The van der Waals surface area contributed by atoms with E-state index in [2.05, 4.69) is 66.4 Å². The summed E-state index contributed by atoms with van der Waals surface area (Å²) in [4.78, 5) is 22.7. The molecule has 49 heavy (non-hydrogen) atoms. The molecule has 2 bridgehead atoms. The second-order valence-electron chi connectivity index (χ2n) is 18.0. The lowest BCUT2D eigenvalue weighted by molar-refractivity contribution is -0.263. The van der Waals surface area contributed by atoms with Crippen LogP contribution in [0.3, 0.4) is 0 Å². The van der Waals surface area contributed by atoms with Crippen LogP contribution in [-0.4, -0.2) is 59.1 Å². The van der Waals surface area contributed by atoms with Gasteiger partial charge in [0.25, 0.3) is 0 Å². The van der Waals surface area contributed by atoms with Crippen molar-refractivity contribution in [3.05, 3.63) is 48.7 Å². The maximum absolute atomic E-state index is 13.5. The molecule has 0 radical (unpaired) electrons. The Morgan fingerprint density at radius 3 is 2.57 bits per heavy atom. The Kier molecular flexibility index (Phi) is 7.26. The molecule has 5 aliphatic rings. The highest BCUT2D eigenvalue weighted by atomic mass is 16.5. The second kappa shape index (κ2) is 10.7. The summed E-state index contributed by atoms with van der Waals surface area (Å²) in [6, 6.07) is 3.77. The second-order valence-corrected chi connectivity index (χ2v) is 18.0. The molecule has 12 atom stereocenters. The maximum atomic E-state index is 13.5. The summed E-state index contributed by atoms with van der Waals surface area (Å²) in [7, 11) is 0. The van der Waals surface area contributed by atoms with Gasteiger partial charge in [0.15, 0.2) is 5.82 Å². The number of ether oxygens (including phenoxy) is 1. The minimum absolute atomic E-state index is 0.0408. The first-order chi connectivity index (χ1) is 23.1. The van der Waals surface area contributed by atoms with Crippen LogP contribution >= 0.6 is 0 Å². The van der Waals surface area contributed by atoms with Crippen molar-refractivity contribution in [2.24, 2.45) is 56.7 Å². The summed E-state index contributed by atoms with van der Waals surface area (Å²) in [5.41, 5.74) is 1.61. The Morgan fingerprint density at radius 1 is 1.06 bits per heavy atom. The van der Waals surface area contributed by atoms with Crippen LogP contribution in [0, 0.1) is 56.7 Å². The van der Waals surface area contributed by atoms with Gasteiger partial charge < -0.3 is 19.4 Å². The molecule has 2 N–H and O–H groups in total. The molecule has 4 heterocycles. The van der Waals surface area contributed by atoms with E-state index < -0.39 is 23.4 Å². The van der Waals surface area contributed by atoms with E-state index in [0.29, 0.717) is 24.9 Å². The number of aromatic nitrogens is 5. The van der Waals surface area contributed by atoms with E-state index in [1.807, 2.05) is 33.6 Å². The number of rotatable bonds is 5. The van der Waals surface area contributed by atoms with Gasteiger partial charge in [-0.3, -0.25) is 4.79 Å². The molecule has 0 spiro atoms. The van der Waals surface area contributed by atoms with Gasteiger partial charge in [-0.15, -0.1) is 0 Å². The fourth-order valence-electron chi connectivity index (χ4n) is 12.9. The number of allylic oxidation sites excluding steroid dienone is 1. The first kappa shape index (κ1) is 33.1. The molecule has 264 valence electrons. The maximum Gasteiger partial charge on any atom is 0.307 e. The molecule has 1 saturated heterocycles. The third kappa shape index (κ3) is 4.12. The Labute approximate surface area is 290 Å². The van der Waals surface area contributed by atoms with Crippen molar-refractivity contribution < 1.29 is 19.7 Å². The van der Waals surface area contributed by atoms with E-state index >= 15 is 0 Å². The molecule has 3 aromatic rings. The highest BCUT2D eigenvalue weighted by molar-refractivity contribution is 5.73. The number of pyridine rings is 1. The van der Waals surface area contributed by atoms with Crippen LogP contribution in [0.1, 0.15) is 100.0 Å². The third-order valence-electron chi connectivity index (χ3n) is 16.2. The third-order valence-corrected chi connectivity index (χ3v) is 16.2. The number of carboxylic acids is 1. The summed E-state index contributed by atoms with van der Waals surface area (Å²) in [5, 5.41) is 28.3. The fourth-order valence-corrected chi connectivity index (χ4v) is 12.9. The summed E-state index contributed by atoms with van der Waals surface area (Å²) >= 11 is 0.